The Kier molecular flexibility index (Phi) is 7.95. The molecule has 0 atom stereocenters. The van der Waals surface area contributed by atoms with Crippen molar-refractivity contribution < 1.29 is 14.3 Å². The molecule has 0 aliphatic heterocycles. The number of ether oxygens (including phenoxy) is 2. The summed E-state index contributed by atoms with van der Waals surface area (Å²) >= 11 is 3.53. The summed E-state index contributed by atoms with van der Waals surface area (Å²) in [6.07, 6.45) is 3.98. The van der Waals surface area contributed by atoms with Gasteiger partial charge in [-0.1, -0.05) is 28.1 Å². The lowest BCUT2D eigenvalue weighted by Crippen LogP contribution is -2.41. The number of benzene rings is 2. The number of carbonyl (C=O) groups is 1. The molecule has 1 heterocycles. The number of nitrogens with one attached hydrogen (secondary N) is 2. The Balaban J connectivity index is 1.33. The van der Waals surface area contributed by atoms with Gasteiger partial charge in [-0.2, -0.15) is 4.98 Å². The molecule has 35 heavy (non-hydrogen) atoms. The number of rotatable bonds is 8. The van der Waals surface area contributed by atoms with E-state index in [0.29, 0.717) is 17.4 Å². The van der Waals surface area contributed by atoms with Crippen LogP contribution in [0.25, 0.3) is 10.9 Å². The van der Waals surface area contributed by atoms with Gasteiger partial charge in [-0.05, 0) is 55.5 Å². The van der Waals surface area contributed by atoms with Crippen LogP contribution < -0.4 is 25.0 Å². The van der Waals surface area contributed by atoms with E-state index in [0.717, 1.165) is 52.4 Å². The smallest absolute Gasteiger partial charge is 0.225 e. The van der Waals surface area contributed by atoms with E-state index in [-0.39, 0.29) is 24.4 Å². The first-order valence-electron chi connectivity index (χ1n) is 11.8. The van der Waals surface area contributed by atoms with Crippen LogP contribution in [0.4, 0.5) is 11.8 Å². The van der Waals surface area contributed by atoms with Crippen molar-refractivity contribution in [2.45, 2.75) is 44.2 Å². The molecule has 2 aromatic carbocycles. The van der Waals surface area contributed by atoms with Crippen LogP contribution in [-0.2, 0) is 11.2 Å². The van der Waals surface area contributed by atoms with Crippen molar-refractivity contribution in [3.63, 3.8) is 0 Å². The molecule has 0 saturated heterocycles. The first kappa shape index (κ1) is 25.0. The third kappa shape index (κ3) is 5.96. The number of anilines is 2. The first-order valence-corrected chi connectivity index (χ1v) is 12.6. The van der Waals surface area contributed by atoms with Crippen LogP contribution in [0, 0.1) is 0 Å². The third-order valence-electron chi connectivity index (χ3n) is 6.34. The van der Waals surface area contributed by atoms with Crippen LogP contribution in [0.15, 0.2) is 40.9 Å². The highest BCUT2D eigenvalue weighted by Gasteiger charge is 2.24. The Morgan fingerprint density at radius 1 is 1.03 bits per heavy atom. The molecule has 0 radical (unpaired) electrons. The first-order chi connectivity index (χ1) is 16.9. The minimum absolute atomic E-state index is 0.00261. The molecule has 1 amide bonds. The third-order valence-corrected chi connectivity index (χ3v) is 7.07. The number of hydrogen-bond acceptors (Lipinski definition) is 7. The Hall–Kier alpha value is -3.07. The molecule has 4 rings (SSSR count). The van der Waals surface area contributed by atoms with Gasteiger partial charge in [0, 0.05) is 36.0 Å². The van der Waals surface area contributed by atoms with Gasteiger partial charge >= 0.3 is 0 Å². The van der Waals surface area contributed by atoms with Gasteiger partial charge in [0.05, 0.1) is 26.2 Å². The maximum absolute atomic E-state index is 12.7. The number of carbonyl (C=O) groups excluding carboxylic acids is 1. The molecule has 1 aliphatic carbocycles. The number of amides is 1. The second-order valence-electron chi connectivity index (χ2n) is 9.02. The monoisotopic (exact) mass is 541 g/mol. The van der Waals surface area contributed by atoms with Gasteiger partial charge in [0.2, 0.25) is 11.9 Å². The fourth-order valence-corrected chi connectivity index (χ4v) is 4.98. The quantitative estimate of drug-likeness (QED) is 0.432. The Bertz CT molecular complexity index is 1200. The number of methoxy groups -OCH3 is 2. The summed E-state index contributed by atoms with van der Waals surface area (Å²) in [6.45, 7) is 0. The van der Waals surface area contributed by atoms with Crippen LogP contribution in [0.5, 0.6) is 11.5 Å². The highest BCUT2D eigenvalue weighted by molar-refractivity contribution is 9.10. The molecule has 1 aliphatic rings. The second kappa shape index (κ2) is 11.1. The van der Waals surface area contributed by atoms with Gasteiger partial charge in [0.25, 0.3) is 0 Å². The summed E-state index contributed by atoms with van der Waals surface area (Å²) in [6, 6.07) is 12.2. The fraction of sp³-hybridized carbons (Fsp3) is 0.423. The lowest BCUT2D eigenvalue weighted by atomic mass is 9.91. The average Bonchev–Trinajstić information content (AvgIpc) is 2.85. The zero-order chi connectivity index (χ0) is 24.9. The number of hydrogen-bond donors (Lipinski definition) is 2. The second-order valence-corrected chi connectivity index (χ2v) is 9.87. The maximum atomic E-state index is 12.7. The van der Waals surface area contributed by atoms with Gasteiger partial charge in [0.1, 0.15) is 5.82 Å². The maximum Gasteiger partial charge on any atom is 0.225 e. The van der Waals surface area contributed by atoms with Gasteiger partial charge in [-0.25, -0.2) is 4.98 Å². The van der Waals surface area contributed by atoms with E-state index < -0.39 is 0 Å². The van der Waals surface area contributed by atoms with Crippen LogP contribution in [0.3, 0.4) is 0 Å². The molecule has 0 unspecified atom stereocenters. The van der Waals surface area contributed by atoms with Crippen molar-refractivity contribution >= 4 is 44.5 Å². The molecule has 9 heteroatoms. The highest BCUT2D eigenvalue weighted by Crippen LogP contribution is 2.33. The Morgan fingerprint density at radius 2 is 1.69 bits per heavy atom. The minimum Gasteiger partial charge on any atom is -0.493 e. The van der Waals surface area contributed by atoms with Crippen molar-refractivity contribution in [1.82, 2.24) is 15.3 Å². The summed E-state index contributed by atoms with van der Waals surface area (Å²) in [5, 5.41) is 7.75. The van der Waals surface area contributed by atoms with E-state index in [4.69, 9.17) is 19.4 Å². The standard InChI is InChI=1S/C26H32BrN5O3/c1-32(2)25-19-7-5-6-8-21(19)30-26(31-25)29-18-11-9-17(10-12-18)28-24(33)14-16-13-22(34-3)23(35-4)15-20(16)27/h5-8,13,15,17-18H,9-12,14H2,1-4H3,(H,28,33)(H,29,30,31)/t17-,18+. The molecule has 2 N–H and O–H groups in total. The molecule has 0 spiro atoms. The average molecular weight is 542 g/mol. The number of nitrogens with zero attached hydrogens (tertiary/aromatic N) is 3. The lowest BCUT2D eigenvalue weighted by Gasteiger charge is -2.30. The zero-order valence-corrected chi connectivity index (χ0v) is 22.2. The summed E-state index contributed by atoms with van der Waals surface area (Å²) in [5.41, 5.74) is 1.79. The van der Waals surface area contributed by atoms with Gasteiger partial charge in [0.15, 0.2) is 11.5 Å². The Morgan fingerprint density at radius 3 is 2.37 bits per heavy atom. The summed E-state index contributed by atoms with van der Waals surface area (Å²) in [4.78, 5) is 24.2. The van der Waals surface area contributed by atoms with Crippen LogP contribution in [-0.4, -0.2) is 56.3 Å². The molecule has 1 aromatic heterocycles. The van der Waals surface area contributed by atoms with E-state index in [1.54, 1.807) is 14.2 Å². The van der Waals surface area contributed by atoms with E-state index in [2.05, 4.69) is 26.6 Å². The van der Waals surface area contributed by atoms with Crippen molar-refractivity contribution in [2.75, 3.05) is 38.5 Å². The predicted octanol–water partition coefficient (Wildman–Crippen LogP) is 4.56. The number of para-hydroxylation sites is 1. The van der Waals surface area contributed by atoms with Crippen LogP contribution >= 0.6 is 15.9 Å². The van der Waals surface area contributed by atoms with E-state index in [1.165, 1.54) is 0 Å². The molecular weight excluding hydrogens is 510 g/mol. The molecule has 8 nitrogen and oxygen atoms in total. The van der Waals surface area contributed by atoms with E-state index in [9.17, 15) is 4.79 Å². The van der Waals surface area contributed by atoms with Crippen molar-refractivity contribution in [2.24, 2.45) is 0 Å². The SMILES string of the molecule is COc1cc(Br)c(CC(=O)N[C@H]2CC[C@@H](Nc3nc(N(C)C)c4ccccc4n3)CC2)cc1OC. The molecule has 1 saturated carbocycles. The molecule has 0 bridgehead atoms. The molecule has 3 aromatic rings. The molecule has 1 fully saturated rings. The number of halogens is 1. The normalized spacial score (nSPS) is 17.6. The highest BCUT2D eigenvalue weighted by atomic mass is 79.9. The van der Waals surface area contributed by atoms with Crippen LogP contribution in [0.2, 0.25) is 0 Å². The van der Waals surface area contributed by atoms with E-state index >= 15 is 0 Å². The summed E-state index contributed by atoms with van der Waals surface area (Å²) in [7, 11) is 7.17. The zero-order valence-electron chi connectivity index (χ0n) is 20.6. The topological polar surface area (TPSA) is 88.6 Å². The molecule has 186 valence electrons. The number of fused-ring (bicyclic) bond motifs is 1. The minimum atomic E-state index is 0.00261. The lowest BCUT2D eigenvalue weighted by molar-refractivity contribution is -0.121. The van der Waals surface area contributed by atoms with Gasteiger partial charge in [-0.3, -0.25) is 4.79 Å². The van der Waals surface area contributed by atoms with Gasteiger partial charge < -0.3 is 25.0 Å². The van der Waals surface area contributed by atoms with Crippen molar-refractivity contribution in [3.8, 4) is 11.5 Å². The van der Waals surface area contributed by atoms with E-state index in [1.807, 2.05) is 55.4 Å². The van der Waals surface area contributed by atoms with Crippen LogP contribution in [0.1, 0.15) is 31.2 Å². The fourth-order valence-electron chi connectivity index (χ4n) is 4.51. The molecular formula is C26H32BrN5O3. The summed E-state index contributed by atoms with van der Waals surface area (Å²) in [5.74, 6) is 2.79. The largest absolute Gasteiger partial charge is 0.493 e. The van der Waals surface area contributed by atoms with Crippen molar-refractivity contribution in [3.05, 3.63) is 46.4 Å². The Labute approximate surface area is 214 Å². The predicted molar refractivity (Wildman–Crippen MR) is 143 cm³/mol. The van der Waals surface area contributed by atoms with Gasteiger partial charge in [-0.15, -0.1) is 0 Å². The number of aromatic nitrogens is 2. The summed E-state index contributed by atoms with van der Waals surface area (Å²) < 4.78 is 11.5. The van der Waals surface area contributed by atoms with Crippen molar-refractivity contribution in [1.29, 1.82) is 0 Å².